The fraction of sp³-hybridized carbons (Fsp3) is 0.500. The van der Waals surface area contributed by atoms with Crippen LogP contribution in [0.1, 0.15) is 37.7 Å². The van der Waals surface area contributed by atoms with Gasteiger partial charge in [-0.2, -0.15) is 0 Å². The minimum atomic E-state index is 0.286. The minimum Gasteiger partial charge on any atom is -0.327 e. The maximum atomic E-state index is 4.76. The molecule has 0 aliphatic carbocycles. The van der Waals surface area contributed by atoms with Crippen molar-refractivity contribution in [2.45, 2.75) is 39.8 Å². The molecule has 0 fully saturated rings. The lowest BCUT2D eigenvalue weighted by molar-refractivity contribution is 0.554. The second-order valence-electron chi connectivity index (χ2n) is 4.62. The summed E-state index contributed by atoms with van der Waals surface area (Å²) in [6.45, 7) is 7.49. The van der Waals surface area contributed by atoms with Gasteiger partial charge >= 0.3 is 0 Å². The van der Waals surface area contributed by atoms with Gasteiger partial charge in [-0.25, -0.2) is 4.98 Å². The second kappa shape index (κ2) is 4.88. The van der Waals surface area contributed by atoms with E-state index in [1.165, 1.54) is 11.1 Å². The molecule has 92 valence electrons. The highest BCUT2D eigenvalue weighted by molar-refractivity contribution is 5.77. The van der Waals surface area contributed by atoms with Gasteiger partial charge in [-0.1, -0.05) is 13.0 Å². The largest absolute Gasteiger partial charge is 0.327 e. The van der Waals surface area contributed by atoms with Crippen LogP contribution in [-0.2, 0) is 6.54 Å². The monoisotopic (exact) mass is 231 g/mol. The first-order valence-electron chi connectivity index (χ1n) is 6.31. The van der Waals surface area contributed by atoms with E-state index >= 15 is 0 Å². The third kappa shape index (κ3) is 2.20. The van der Waals surface area contributed by atoms with Crippen molar-refractivity contribution in [1.29, 1.82) is 0 Å². The lowest BCUT2D eigenvalue weighted by Crippen LogP contribution is -2.17. The zero-order valence-corrected chi connectivity index (χ0v) is 11.1. The van der Waals surface area contributed by atoms with Crippen molar-refractivity contribution in [3.8, 4) is 0 Å². The standard InChI is InChI=1S/C14H21N3/c1-5-8-17-13-7-6-10(2)9-12(13)16-14(17)11(3)15-4/h6-7,9,11,15H,5,8H2,1-4H3. The van der Waals surface area contributed by atoms with Gasteiger partial charge in [0.15, 0.2) is 0 Å². The van der Waals surface area contributed by atoms with Gasteiger partial charge < -0.3 is 9.88 Å². The first-order valence-corrected chi connectivity index (χ1v) is 6.31. The predicted octanol–water partition coefficient (Wildman–Crippen LogP) is 3.04. The van der Waals surface area contributed by atoms with Crippen LogP contribution in [-0.4, -0.2) is 16.6 Å². The third-order valence-electron chi connectivity index (χ3n) is 3.20. The summed E-state index contributed by atoms with van der Waals surface area (Å²) < 4.78 is 2.33. The van der Waals surface area contributed by atoms with E-state index in [0.717, 1.165) is 24.3 Å². The molecule has 1 aromatic heterocycles. The Morgan fingerprint density at radius 2 is 2.18 bits per heavy atom. The van der Waals surface area contributed by atoms with Crippen molar-refractivity contribution in [3.05, 3.63) is 29.6 Å². The van der Waals surface area contributed by atoms with E-state index in [0.29, 0.717) is 0 Å². The quantitative estimate of drug-likeness (QED) is 0.876. The second-order valence-corrected chi connectivity index (χ2v) is 4.62. The van der Waals surface area contributed by atoms with E-state index in [9.17, 15) is 0 Å². The Morgan fingerprint density at radius 3 is 2.82 bits per heavy atom. The number of benzene rings is 1. The highest BCUT2D eigenvalue weighted by Crippen LogP contribution is 2.22. The van der Waals surface area contributed by atoms with Crippen molar-refractivity contribution < 1.29 is 0 Å². The van der Waals surface area contributed by atoms with Gasteiger partial charge in [-0.05, 0) is 45.0 Å². The summed E-state index contributed by atoms with van der Waals surface area (Å²) in [5.41, 5.74) is 3.62. The van der Waals surface area contributed by atoms with Crippen molar-refractivity contribution in [2.75, 3.05) is 7.05 Å². The zero-order valence-electron chi connectivity index (χ0n) is 11.1. The van der Waals surface area contributed by atoms with Crippen LogP contribution in [0.3, 0.4) is 0 Å². The van der Waals surface area contributed by atoms with Gasteiger partial charge in [-0.3, -0.25) is 0 Å². The SMILES string of the molecule is CCCn1c(C(C)NC)nc2cc(C)ccc21. The van der Waals surface area contributed by atoms with Gasteiger partial charge in [-0.15, -0.1) is 0 Å². The molecule has 0 aliphatic rings. The van der Waals surface area contributed by atoms with Crippen molar-refractivity contribution in [3.63, 3.8) is 0 Å². The Labute approximate surface area is 103 Å². The molecule has 2 rings (SSSR count). The smallest absolute Gasteiger partial charge is 0.126 e. The van der Waals surface area contributed by atoms with E-state index in [4.69, 9.17) is 4.98 Å². The molecule has 1 atom stereocenters. The van der Waals surface area contributed by atoms with Crippen LogP contribution in [0.2, 0.25) is 0 Å². The van der Waals surface area contributed by atoms with Crippen LogP contribution in [0.4, 0.5) is 0 Å². The number of fused-ring (bicyclic) bond motifs is 1. The number of imidazole rings is 1. The summed E-state index contributed by atoms with van der Waals surface area (Å²) in [4.78, 5) is 4.76. The summed E-state index contributed by atoms with van der Waals surface area (Å²) in [5.74, 6) is 1.13. The van der Waals surface area contributed by atoms with Crippen molar-refractivity contribution >= 4 is 11.0 Å². The van der Waals surface area contributed by atoms with Crippen LogP contribution in [0.15, 0.2) is 18.2 Å². The van der Waals surface area contributed by atoms with Gasteiger partial charge in [0, 0.05) is 6.54 Å². The number of hydrogen-bond donors (Lipinski definition) is 1. The van der Waals surface area contributed by atoms with E-state index < -0.39 is 0 Å². The maximum Gasteiger partial charge on any atom is 0.126 e. The average molecular weight is 231 g/mol. The summed E-state index contributed by atoms with van der Waals surface area (Å²) in [7, 11) is 1.98. The molecule has 3 nitrogen and oxygen atoms in total. The van der Waals surface area contributed by atoms with Crippen LogP contribution < -0.4 is 5.32 Å². The first kappa shape index (κ1) is 12.1. The van der Waals surface area contributed by atoms with Crippen LogP contribution in [0.5, 0.6) is 0 Å². The molecule has 0 saturated carbocycles. The van der Waals surface area contributed by atoms with Gasteiger partial charge in [0.05, 0.1) is 17.1 Å². The molecule has 1 N–H and O–H groups in total. The van der Waals surface area contributed by atoms with Gasteiger partial charge in [0.25, 0.3) is 0 Å². The fourth-order valence-corrected chi connectivity index (χ4v) is 2.18. The number of nitrogens with one attached hydrogen (secondary N) is 1. The van der Waals surface area contributed by atoms with E-state index in [1.54, 1.807) is 0 Å². The lowest BCUT2D eigenvalue weighted by atomic mass is 10.2. The summed E-state index contributed by atoms with van der Waals surface area (Å²) in [6.07, 6.45) is 1.13. The molecule has 0 bridgehead atoms. The Balaban J connectivity index is 2.61. The van der Waals surface area contributed by atoms with Crippen molar-refractivity contribution in [1.82, 2.24) is 14.9 Å². The van der Waals surface area contributed by atoms with Crippen LogP contribution >= 0.6 is 0 Å². The number of aryl methyl sites for hydroxylation is 2. The van der Waals surface area contributed by atoms with Crippen LogP contribution in [0, 0.1) is 6.92 Å². The molecule has 17 heavy (non-hydrogen) atoms. The topological polar surface area (TPSA) is 29.9 Å². The molecule has 0 spiro atoms. The molecule has 0 amide bonds. The van der Waals surface area contributed by atoms with Gasteiger partial charge in [0.2, 0.25) is 0 Å². The Hall–Kier alpha value is -1.35. The third-order valence-corrected chi connectivity index (χ3v) is 3.20. The van der Waals surface area contributed by atoms with E-state index in [-0.39, 0.29) is 6.04 Å². The summed E-state index contributed by atoms with van der Waals surface area (Å²) >= 11 is 0. The first-order chi connectivity index (χ1) is 8.17. The predicted molar refractivity (Wildman–Crippen MR) is 72.2 cm³/mol. The number of rotatable bonds is 4. The average Bonchev–Trinajstić information content (AvgIpc) is 2.67. The highest BCUT2D eigenvalue weighted by atomic mass is 15.1. The Kier molecular flexibility index (Phi) is 3.48. The molecule has 0 aliphatic heterocycles. The molecule has 2 aromatic rings. The molecule has 0 radical (unpaired) electrons. The number of hydrogen-bond acceptors (Lipinski definition) is 2. The molecule has 1 heterocycles. The normalized spacial score (nSPS) is 13.2. The molecule has 3 heteroatoms. The van der Waals surface area contributed by atoms with Crippen LogP contribution in [0.25, 0.3) is 11.0 Å². The van der Waals surface area contributed by atoms with Crippen molar-refractivity contribution in [2.24, 2.45) is 0 Å². The minimum absolute atomic E-state index is 0.286. The maximum absolute atomic E-state index is 4.76. The lowest BCUT2D eigenvalue weighted by Gasteiger charge is -2.13. The van der Waals surface area contributed by atoms with E-state index in [1.807, 2.05) is 7.05 Å². The number of aromatic nitrogens is 2. The molecule has 1 aromatic carbocycles. The molecule has 1 unspecified atom stereocenters. The molecular weight excluding hydrogens is 210 g/mol. The van der Waals surface area contributed by atoms with Gasteiger partial charge in [0.1, 0.15) is 5.82 Å². The Bertz CT molecular complexity index is 513. The highest BCUT2D eigenvalue weighted by Gasteiger charge is 2.14. The zero-order chi connectivity index (χ0) is 12.4. The van der Waals surface area contributed by atoms with E-state index in [2.05, 4.69) is 48.9 Å². The molecular formula is C14H21N3. The fourth-order valence-electron chi connectivity index (χ4n) is 2.18. The molecule has 0 saturated heterocycles. The summed E-state index contributed by atoms with van der Waals surface area (Å²) in [5, 5.41) is 3.27. The summed E-state index contributed by atoms with van der Waals surface area (Å²) in [6, 6.07) is 6.78. The number of nitrogens with zero attached hydrogens (tertiary/aromatic N) is 2. The Morgan fingerprint density at radius 1 is 1.41 bits per heavy atom.